The highest BCUT2D eigenvalue weighted by atomic mass is 16.6. The number of anilines is 1. The van der Waals surface area contributed by atoms with E-state index in [-0.39, 0.29) is 18.4 Å². The van der Waals surface area contributed by atoms with Gasteiger partial charge in [-0.3, -0.25) is 14.3 Å². The largest absolute Gasteiger partial charge is 0.444 e. The van der Waals surface area contributed by atoms with Gasteiger partial charge in [-0.25, -0.2) is 4.79 Å². The molecular weight excluding hydrogens is 350 g/mol. The first-order valence-electron chi connectivity index (χ1n) is 8.72. The molecule has 0 bridgehead atoms. The second-order valence-electron chi connectivity index (χ2n) is 7.50. The van der Waals surface area contributed by atoms with Crippen LogP contribution >= 0.6 is 0 Å². The summed E-state index contributed by atoms with van der Waals surface area (Å²) in [5.41, 5.74) is 1.16. The monoisotopic (exact) mass is 377 g/mol. The number of nitrogens with one attached hydrogen (secondary N) is 1. The summed E-state index contributed by atoms with van der Waals surface area (Å²) in [6.07, 6.45) is 1.36. The molecule has 2 rings (SSSR count). The van der Waals surface area contributed by atoms with Crippen molar-refractivity contribution in [1.29, 1.82) is 0 Å². The summed E-state index contributed by atoms with van der Waals surface area (Å²) in [5, 5.41) is 7.09. The normalized spacial score (nSPS) is 13.6. The minimum atomic E-state index is -0.578. The van der Waals surface area contributed by atoms with Gasteiger partial charge in [0.05, 0.1) is 13.1 Å². The van der Waals surface area contributed by atoms with Crippen molar-refractivity contribution in [2.75, 3.05) is 25.5 Å². The van der Waals surface area contributed by atoms with Crippen molar-refractivity contribution < 1.29 is 19.1 Å². The molecule has 1 aromatic heterocycles. The quantitative estimate of drug-likeness (QED) is 0.798. The van der Waals surface area contributed by atoms with E-state index in [1.165, 1.54) is 11.9 Å². The van der Waals surface area contributed by atoms with E-state index in [9.17, 15) is 14.4 Å². The van der Waals surface area contributed by atoms with Crippen LogP contribution in [0.3, 0.4) is 0 Å². The molecule has 9 heteroatoms. The van der Waals surface area contributed by atoms with Crippen LogP contribution in [0.4, 0.5) is 10.6 Å². The maximum Gasteiger partial charge on any atom is 0.410 e. The summed E-state index contributed by atoms with van der Waals surface area (Å²) in [6, 6.07) is 0. The van der Waals surface area contributed by atoms with Gasteiger partial charge in [-0.1, -0.05) is 6.58 Å². The Morgan fingerprint density at radius 3 is 2.63 bits per heavy atom. The molecule has 0 atom stereocenters. The molecule has 0 fully saturated rings. The van der Waals surface area contributed by atoms with Crippen LogP contribution in [-0.4, -0.2) is 63.2 Å². The smallest absolute Gasteiger partial charge is 0.410 e. The average Bonchev–Trinajstić information content (AvgIpc) is 2.87. The molecule has 9 nitrogen and oxygen atoms in total. The second kappa shape index (κ2) is 7.81. The van der Waals surface area contributed by atoms with Gasteiger partial charge in [-0.05, 0) is 26.8 Å². The molecule has 2 heterocycles. The predicted molar refractivity (Wildman–Crippen MR) is 100 cm³/mol. The highest BCUT2D eigenvalue weighted by Crippen LogP contribution is 2.26. The highest BCUT2D eigenvalue weighted by molar-refractivity contribution is 5.96. The summed E-state index contributed by atoms with van der Waals surface area (Å²) in [5.74, 6) is -0.322. The Bertz CT molecular complexity index is 763. The molecule has 0 unspecified atom stereocenters. The minimum Gasteiger partial charge on any atom is -0.444 e. The van der Waals surface area contributed by atoms with Gasteiger partial charge in [-0.15, -0.1) is 0 Å². The van der Waals surface area contributed by atoms with Crippen LogP contribution in [0.1, 0.15) is 32.0 Å². The topological polar surface area (TPSA) is 96.8 Å². The molecule has 3 amide bonds. The van der Waals surface area contributed by atoms with Crippen molar-refractivity contribution in [3.05, 3.63) is 23.9 Å². The Hall–Kier alpha value is -2.84. The van der Waals surface area contributed by atoms with E-state index in [4.69, 9.17) is 4.74 Å². The number of nitrogens with zero attached hydrogens (tertiary/aromatic N) is 4. The molecule has 0 spiro atoms. The number of aryl methyl sites for hydroxylation is 1. The lowest BCUT2D eigenvalue weighted by Gasteiger charge is -2.30. The zero-order chi connectivity index (χ0) is 20.4. The number of hydrogen-bond acceptors (Lipinski definition) is 5. The molecule has 1 N–H and O–H groups in total. The van der Waals surface area contributed by atoms with Gasteiger partial charge < -0.3 is 19.9 Å². The number of aromatic nitrogens is 2. The molecule has 0 saturated heterocycles. The van der Waals surface area contributed by atoms with Crippen LogP contribution < -0.4 is 5.32 Å². The third-order valence-electron chi connectivity index (χ3n) is 4.08. The van der Waals surface area contributed by atoms with Crippen LogP contribution in [0.5, 0.6) is 0 Å². The maximum absolute atomic E-state index is 12.4. The van der Waals surface area contributed by atoms with Gasteiger partial charge in [0.1, 0.15) is 5.60 Å². The number of likely N-dealkylation sites (N-methyl/N-ethyl adjacent to an activating group) is 1. The fraction of sp³-hybridized carbons (Fsp3) is 0.556. The van der Waals surface area contributed by atoms with Gasteiger partial charge in [0.2, 0.25) is 11.8 Å². The van der Waals surface area contributed by atoms with E-state index in [2.05, 4.69) is 17.0 Å². The number of carbonyl (C=O) groups is 3. The summed E-state index contributed by atoms with van der Waals surface area (Å²) >= 11 is 0. The van der Waals surface area contributed by atoms with Crippen molar-refractivity contribution in [1.82, 2.24) is 19.6 Å². The lowest BCUT2D eigenvalue weighted by Crippen LogP contribution is -2.40. The Balaban J connectivity index is 2.11. The highest BCUT2D eigenvalue weighted by Gasteiger charge is 2.30. The Morgan fingerprint density at radius 2 is 2.04 bits per heavy atom. The van der Waals surface area contributed by atoms with Gasteiger partial charge in [0.25, 0.3) is 0 Å². The van der Waals surface area contributed by atoms with Crippen LogP contribution in [0.15, 0.2) is 12.7 Å². The van der Waals surface area contributed by atoms with Crippen molar-refractivity contribution in [3.8, 4) is 0 Å². The molecule has 148 valence electrons. The van der Waals surface area contributed by atoms with E-state index >= 15 is 0 Å². The van der Waals surface area contributed by atoms with Gasteiger partial charge in [0.15, 0.2) is 5.82 Å². The van der Waals surface area contributed by atoms with E-state index in [1.54, 1.807) is 16.6 Å². The Morgan fingerprint density at radius 1 is 1.37 bits per heavy atom. The summed E-state index contributed by atoms with van der Waals surface area (Å²) in [4.78, 5) is 39.0. The zero-order valence-electron chi connectivity index (χ0n) is 16.5. The van der Waals surface area contributed by atoms with Gasteiger partial charge in [0, 0.05) is 38.3 Å². The molecule has 1 aliphatic rings. The third kappa shape index (κ3) is 5.08. The summed E-state index contributed by atoms with van der Waals surface area (Å²) in [6.45, 7) is 9.55. The fourth-order valence-electron chi connectivity index (χ4n) is 2.80. The molecule has 0 aromatic carbocycles. The lowest BCUT2D eigenvalue weighted by atomic mass is 10.1. The van der Waals surface area contributed by atoms with Crippen LogP contribution in [-0.2, 0) is 34.3 Å². The summed E-state index contributed by atoms with van der Waals surface area (Å²) < 4.78 is 7.13. The van der Waals surface area contributed by atoms with Crippen molar-refractivity contribution in [3.63, 3.8) is 0 Å². The summed E-state index contributed by atoms with van der Waals surface area (Å²) in [7, 11) is 3.31. The van der Waals surface area contributed by atoms with Gasteiger partial charge >= 0.3 is 6.09 Å². The van der Waals surface area contributed by atoms with Crippen molar-refractivity contribution in [2.24, 2.45) is 7.05 Å². The van der Waals surface area contributed by atoms with E-state index in [0.717, 1.165) is 17.3 Å². The lowest BCUT2D eigenvalue weighted by molar-refractivity contribution is -0.129. The van der Waals surface area contributed by atoms with Crippen LogP contribution in [0.2, 0.25) is 0 Å². The molecule has 1 aromatic rings. The van der Waals surface area contributed by atoms with Gasteiger partial charge in [-0.2, -0.15) is 5.10 Å². The Labute approximate surface area is 158 Å². The Kier molecular flexibility index (Phi) is 5.92. The van der Waals surface area contributed by atoms with Crippen molar-refractivity contribution in [2.45, 2.75) is 39.3 Å². The van der Waals surface area contributed by atoms with Crippen molar-refractivity contribution >= 4 is 23.7 Å². The number of rotatable bonds is 4. The fourth-order valence-corrected chi connectivity index (χ4v) is 2.80. The first kappa shape index (κ1) is 20.5. The maximum atomic E-state index is 12.4. The molecule has 0 radical (unpaired) electrons. The first-order chi connectivity index (χ1) is 12.5. The molecule has 0 saturated carbocycles. The van der Waals surface area contributed by atoms with E-state index < -0.39 is 11.7 Å². The first-order valence-corrected chi connectivity index (χ1v) is 8.72. The van der Waals surface area contributed by atoms with E-state index in [1.807, 2.05) is 20.8 Å². The predicted octanol–water partition coefficient (Wildman–Crippen LogP) is 1.30. The number of ether oxygens (including phenoxy) is 1. The molecule has 0 aliphatic carbocycles. The molecule has 1 aliphatic heterocycles. The van der Waals surface area contributed by atoms with Crippen LogP contribution in [0.25, 0.3) is 0 Å². The molecule has 27 heavy (non-hydrogen) atoms. The van der Waals surface area contributed by atoms with E-state index in [0.29, 0.717) is 25.3 Å². The minimum absolute atomic E-state index is 0.119. The second-order valence-corrected chi connectivity index (χ2v) is 7.50. The molecular formula is C18H27N5O4. The number of carbonyl (C=O) groups excluding carboxylic acids is 3. The number of hydrogen-bond donors (Lipinski definition) is 1. The zero-order valence-corrected chi connectivity index (χ0v) is 16.5. The number of fused-ring (bicyclic) bond motifs is 1. The average molecular weight is 377 g/mol. The van der Waals surface area contributed by atoms with Crippen LogP contribution in [0, 0.1) is 0 Å². The SMILES string of the molecule is C=CC(=O)N(C)CC(=O)Nc1nn(C)c2c1CN(C(=O)OC(C)(C)C)CC2. The number of amides is 3. The standard InChI is InChI=1S/C18H27N5O4/c1-7-15(25)21(5)11-14(24)19-16-12-10-23(17(26)27-18(2,3)4)9-8-13(12)22(6)20-16/h7H,1,8-11H2,2-6H3,(H,19,20,24). The third-order valence-corrected chi connectivity index (χ3v) is 4.08.